The summed E-state index contributed by atoms with van der Waals surface area (Å²) in [7, 11) is 3.07. The molecule has 2 amide bonds. The molecule has 1 aromatic rings. The van der Waals surface area contributed by atoms with Gasteiger partial charge in [0.15, 0.2) is 5.13 Å². The van der Waals surface area contributed by atoms with Crippen LogP contribution < -0.4 is 5.32 Å². The van der Waals surface area contributed by atoms with Crippen molar-refractivity contribution in [2.24, 2.45) is 0 Å². The second-order valence-corrected chi connectivity index (χ2v) is 4.46. The average Bonchev–Trinajstić information content (AvgIpc) is 2.91. The van der Waals surface area contributed by atoms with Gasteiger partial charge in [0.05, 0.1) is 13.2 Å². The van der Waals surface area contributed by atoms with E-state index in [0.29, 0.717) is 31.4 Å². The van der Waals surface area contributed by atoms with Crippen molar-refractivity contribution in [2.45, 2.75) is 0 Å². The molecule has 0 atom stereocenters. The number of methoxy groups -OCH3 is 2. The first kappa shape index (κ1) is 15.5. The quantitative estimate of drug-likeness (QED) is 0.725. The maximum absolute atomic E-state index is 12.0. The van der Waals surface area contributed by atoms with Crippen LogP contribution in [0, 0.1) is 0 Å². The van der Waals surface area contributed by atoms with Gasteiger partial charge in [0.25, 0.3) is 0 Å². The van der Waals surface area contributed by atoms with Crippen molar-refractivity contribution < 1.29 is 19.1 Å². The Hall–Kier alpha value is -1.51. The number of nitrogens with zero attached hydrogens (tertiary/aromatic N) is 2. The van der Waals surface area contributed by atoms with Crippen LogP contribution in [-0.4, -0.2) is 62.2 Å². The third-order valence-electron chi connectivity index (χ3n) is 2.26. The second-order valence-electron chi connectivity index (χ2n) is 3.57. The third kappa shape index (κ3) is 5.33. The van der Waals surface area contributed by atoms with Gasteiger partial charge in [-0.1, -0.05) is 0 Å². The molecule has 19 heavy (non-hydrogen) atoms. The van der Waals surface area contributed by atoms with Gasteiger partial charge < -0.3 is 14.4 Å². The van der Waals surface area contributed by atoms with Crippen LogP contribution in [0.25, 0.3) is 0 Å². The molecule has 0 saturated heterocycles. The van der Waals surface area contributed by atoms with Crippen LogP contribution in [0.2, 0.25) is 0 Å². The van der Waals surface area contributed by atoms with Crippen molar-refractivity contribution in [3.63, 3.8) is 0 Å². The molecular formula is C11H17N3O4S. The zero-order chi connectivity index (χ0) is 14.1. The Bertz CT molecular complexity index is 389. The van der Waals surface area contributed by atoms with Gasteiger partial charge in [-0.15, -0.1) is 11.3 Å². The Morgan fingerprint density at radius 3 is 2.42 bits per heavy atom. The summed E-state index contributed by atoms with van der Waals surface area (Å²) < 4.78 is 9.82. The lowest BCUT2D eigenvalue weighted by atomic mass is 10.4. The lowest BCUT2D eigenvalue weighted by molar-refractivity contribution is -0.144. The van der Waals surface area contributed by atoms with Crippen LogP contribution in [-0.2, 0) is 19.1 Å². The van der Waals surface area contributed by atoms with E-state index in [1.807, 2.05) is 0 Å². The highest BCUT2D eigenvalue weighted by atomic mass is 32.1. The molecule has 0 spiro atoms. The molecule has 1 heterocycles. The van der Waals surface area contributed by atoms with Crippen LogP contribution in [0.3, 0.4) is 0 Å². The molecule has 0 aromatic carbocycles. The number of carbonyl (C=O) groups is 2. The summed E-state index contributed by atoms with van der Waals surface area (Å²) in [5, 5.41) is 4.57. The Kier molecular flexibility index (Phi) is 7.01. The zero-order valence-electron chi connectivity index (χ0n) is 10.9. The Labute approximate surface area is 115 Å². The lowest BCUT2D eigenvalue weighted by Gasteiger charge is -2.20. The maximum Gasteiger partial charge on any atom is 0.315 e. The smallest absolute Gasteiger partial charge is 0.315 e. The molecule has 7 nitrogen and oxygen atoms in total. The van der Waals surface area contributed by atoms with E-state index in [1.165, 1.54) is 30.5 Å². The molecule has 0 aliphatic carbocycles. The van der Waals surface area contributed by atoms with E-state index in [-0.39, 0.29) is 0 Å². The van der Waals surface area contributed by atoms with E-state index < -0.39 is 11.8 Å². The van der Waals surface area contributed by atoms with Gasteiger partial charge in [-0.2, -0.15) is 0 Å². The molecule has 1 rings (SSSR count). The summed E-state index contributed by atoms with van der Waals surface area (Å²) in [5.74, 6) is -1.33. The minimum Gasteiger partial charge on any atom is -0.383 e. The van der Waals surface area contributed by atoms with Crippen molar-refractivity contribution in [1.82, 2.24) is 9.88 Å². The Morgan fingerprint density at radius 2 is 1.95 bits per heavy atom. The molecule has 0 radical (unpaired) electrons. The first-order valence-electron chi connectivity index (χ1n) is 5.66. The van der Waals surface area contributed by atoms with Gasteiger partial charge in [-0.25, -0.2) is 4.98 Å². The summed E-state index contributed by atoms with van der Waals surface area (Å²) in [6.45, 7) is 1.40. The molecule has 0 unspecified atom stereocenters. The minimum absolute atomic E-state index is 0.337. The summed E-state index contributed by atoms with van der Waals surface area (Å²) in [5.41, 5.74) is 0. The largest absolute Gasteiger partial charge is 0.383 e. The standard InChI is InChI=1S/C11H17N3O4S/c1-17-6-4-14(5-7-18-2)10(16)9(15)13-11-12-3-8-19-11/h3,8H,4-7H2,1-2H3,(H,12,13,15). The number of nitrogens with one attached hydrogen (secondary N) is 1. The van der Waals surface area contributed by atoms with Gasteiger partial charge in [-0.3, -0.25) is 14.9 Å². The van der Waals surface area contributed by atoms with Crippen molar-refractivity contribution in [3.05, 3.63) is 11.6 Å². The van der Waals surface area contributed by atoms with E-state index >= 15 is 0 Å². The predicted octanol–water partition coefficient (Wildman–Crippen LogP) is 0.203. The van der Waals surface area contributed by atoms with Crippen LogP contribution in [0.5, 0.6) is 0 Å². The number of hydrogen-bond acceptors (Lipinski definition) is 6. The van der Waals surface area contributed by atoms with E-state index in [0.717, 1.165) is 0 Å². The minimum atomic E-state index is -0.706. The number of aromatic nitrogens is 1. The number of carbonyl (C=O) groups excluding carboxylic acids is 2. The van der Waals surface area contributed by atoms with Crippen LogP contribution in [0.1, 0.15) is 0 Å². The van der Waals surface area contributed by atoms with Crippen molar-refractivity contribution in [3.8, 4) is 0 Å². The second kappa shape index (κ2) is 8.57. The first-order valence-corrected chi connectivity index (χ1v) is 6.54. The summed E-state index contributed by atoms with van der Waals surface area (Å²) >= 11 is 1.25. The van der Waals surface area contributed by atoms with Crippen molar-refractivity contribution in [1.29, 1.82) is 0 Å². The van der Waals surface area contributed by atoms with Gasteiger partial charge in [0.2, 0.25) is 0 Å². The summed E-state index contributed by atoms with van der Waals surface area (Å²) in [6, 6.07) is 0. The van der Waals surface area contributed by atoms with E-state index in [2.05, 4.69) is 10.3 Å². The number of thiazole rings is 1. The normalized spacial score (nSPS) is 10.2. The SMILES string of the molecule is COCCN(CCOC)C(=O)C(=O)Nc1nccs1. The van der Waals surface area contributed by atoms with Crippen molar-refractivity contribution in [2.75, 3.05) is 45.8 Å². The molecule has 0 fully saturated rings. The van der Waals surface area contributed by atoms with Gasteiger partial charge >= 0.3 is 11.8 Å². The number of anilines is 1. The highest BCUT2D eigenvalue weighted by Crippen LogP contribution is 2.10. The van der Waals surface area contributed by atoms with Gasteiger partial charge in [0.1, 0.15) is 0 Å². The molecule has 1 aromatic heterocycles. The van der Waals surface area contributed by atoms with E-state index in [9.17, 15) is 9.59 Å². The van der Waals surface area contributed by atoms with Gasteiger partial charge in [-0.05, 0) is 0 Å². The number of rotatable bonds is 7. The Morgan fingerprint density at radius 1 is 1.32 bits per heavy atom. The fourth-order valence-corrected chi connectivity index (χ4v) is 1.82. The highest BCUT2D eigenvalue weighted by Gasteiger charge is 2.22. The van der Waals surface area contributed by atoms with Crippen molar-refractivity contribution >= 4 is 28.3 Å². The average molecular weight is 287 g/mol. The topological polar surface area (TPSA) is 80.8 Å². The molecule has 0 bridgehead atoms. The molecule has 1 N–H and O–H groups in total. The van der Waals surface area contributed by atoms with E-state index in [4.69, 9.17) is 9.47 Å². The zero-order valence-corrected chi connectivity index (χ0v) is 11.7. The monoisotopic (exact) mass is 287 g/mol. The highest BCUT2D eigenvalue weighted by molar-refractivity contribution is 7.13. The first-order chi connectivity index (χ1) is 9.19. The van der Waals surface area contributed by atoms with Crippen LogP contribution in [0.15, 0.2) is 11.6 Å². The number of hydrogen-bond donors (Lipinski definition) is 1. The fraction of sp³-hybridized carbons (Fsp3) is 0.545. The fourth-order valence-electron chi connectivity index (χ4n) is 1.30. The van der Waals surface area contributed by atoms with E-state index in [1.54, 1.807) is 11.6 Å². The molecule has 0 aliphatic heterocycles. The molecular weight excluding hydrogens is 270 g/mol. The molecule has 0 aliphatic rings. The molecule has 0 saturated carbocycles. The number of ether oxygens (including phenoxy) is 2. The maximum atomic E-state index is 12.0. The lowest BCUT2D eigenvalue weighted by Crippen LogP contribution is -2.43. The molecule has 8 heteroatoms. The predicted molar refractivity (Wildman–Crippen MR) is 71.1 cm³/mol. The Balaban J connectivity index is 2.55. The summed E-state index contributed by atoms with van der Waals surface area (Å²) in [6.07, 6.45) is 1.55. The third-order valence-corrected chi connectivity index (χ3v) is 2.95. The summed E-state index contributed by atoms with van der Waals surface area (Å²) in [4.78, 5) is 29.0. The van der Waals surface area contributed by atoms with Crippen LogP contribution in [0.4, 0.5) is 5.13 Å². The van der Waals surface area contributed by atoms with Crippen LogP contribution >= 0.6 is 11.3 Å². The van der Waals surface area contributed by atoms with Gasteiger partial charge in [0, 0.05) is 38.9 Å². The number of amides is 2. The molecule has 106 valence electrons.